The maximum absolute atomic E-state index is 4.17. The van der Waals surface area contributed by atoms with Gasteiger partial charge < -0.3 is 5.32 Å². The van der Waals surface area contributed by atoms with Crippen molar-refractivity contribution in [1.82, 2.24) is 5.32 Å². The molecule has 120 valence electrons. The van der Waals surface area contributed by atoms with Crippen molar-refractivity contribution in [3.63, 3.8) is 0 Å². The van der Waals surface area contributed by atoms with Crippen LogP contribution in [0.5, 0.6) is 0 Å². The summed E-state index contributed by atoms with van der Waals surface area (Å²) in [6.07, 6.45) is 15.1. The van der Waals surface area contributed by atoms with Crippen LogP contribution < -0.4 is 5.32 Å². The summed E-state index contributed by atoms with van der Waals surface area (Å²) in [6, 6.07) is 1.75. The van der Waals surface area contributed by atoms with Gasteiger partial charge in [0, 0.05) is 12.1 Å². The molecular weight excluding hydrogens is 254 g/mol. The van der Waals surface area contributed by atoms with E-state index in [2.05, 4.69) is 19.2 Å². The first-order chi connectivity index (χ1) is 10.2. The standard InChI is InChI=1S/C20H35N/c1-13(2)9-14-5-3-6-16(10-14)21-20-12-15-11-19(20)18-8-4-7-17(15)18/h13-21H,3-12H2,1-2H3. The van der Waals surface area contributed by atoms with Gasteiger partial charge in [-0.2, -0.15) is 0 Å². The first-order valence-corrected chi connectivity index (χ1v) is 9.96. The average Bonchev–Trinajstić information content (AvgIpc) is 3.09. The van der Waals surface area contributed by atoms with Crippen LogP contribution in [0.1, 0.15) is 78.1 Å². The molecule has 1 N–H and O–H groups in total. The van der Waals surface area contributed by atoms with Crippen molar-refractivity contribution in [3.05, 3.63) is 0 Å². The van der Waals surface area contributed by atoms with Crippen LogP contribution in [-0.2, 0) is 0 Å². The van der Waals surface area contributed by atoms with E-state index < -0.39 is 0 Å². The van der Waals surface area contributed by atoms with Crippen LogP contribution >= 0.6 is 0 Å². The van der Waals surface area contributed by atoms with Gasteiger partial charge in [0.25, 0.3) is 0 Å². The second kappa shape index (κ2) is 5.87. The van der Waals surface area contributed by atoms with Gasteiger partial charge in [-0.3, -0.25) is 0 Å². The minimum absolute atomic E-state index is 0.853. The highest BCUT2D eigenvalue weighted by Gasteiger charge is 2.53. The summed E-state index contributed by atoms with van der Waals surface area (Å²) in [7, 11) is 0. The predicted octanol–water partition coefficient (Wildman–Crippen LogP) is 5.01. The zero-order chi connectivity index (χ0) is 14.4. The van der Waals surface area contributed by atoms with E-state index in [-0.39, 0.29) is 0 Å². The van der Waals surface area contributed by atoms with Crippen LogP contribution in [0.3, 0.4) is 0 Å². The van der Waals surface area contributed by atoms with E-state index in [9.17, 15) is 0 Å². The van der Waals surface area contributed by atoms with Gasteiger partial charge in [0.2, 0.25) is 0 Å². The fraction of sp³-hybridized carbons (Fsp3) is 1.00. The Morgan fingerprint density at radius 1 is 0.857 bits per heavy atom. The fourth-order valence-corrected chi connectivity index (χ4v) is 6.89. The first-order valence-electron chi connectivity index (χ1n) is 9.96. The molecule has 4 aliphatic carbocycles. The number of nitrogens with one attached hydrogen (secondary N) is 1. The van der Waals surface area contributed by atoms with Crippen LogP contribution in [0, 0.1) is 35.5 Å². The summed E-state index contributed by atoms with van der Waals surface area (Å²) in [5.74, 6) is 6.33. The van der Waals surface area contributed by atoms with Gasteiger partial charge in [0.05, 0.1) is 0 Å². The molecule has 1 heteroatoms. The van der Waals surface area contributed by atoms with Crippen molar-refractivity contribution in [2.45, 2.75) is 90.1 Å². The van der Waals surface area contributed by atoms with Crippen molar-refractivity contribution in [1.29, 1.82) is 0 Å². The van der Waals surface area contributed by atoms with Crippen molar-refractivity contribution < 1.29 is 0 Å². The average molecular weight is 290 g/mol. The molecule has 4 aliphatic rings. The van der Waals surface area contributed by atoms with Crippen LogP contribution in [0.15, 0.2) is 0 Å². The van der Waals surface area contributed by atoms with E-state index in [0.717, 1.165) is 47.6 Å². The molecule has 0 aromatic heterocycles. The van der Waals surface area contributed by atoms with Crippen LogP contribution in [-0.4, -0.2) is 12.1 Å². The topological polar surface area (TPSA) is 12.0 Å². The lowest BCUT2D eigenvalue weighted by molar-refractivity contribution is 0.171. The highest BCUT2D eigenvalue weighted by atomic mass is 15.0. The second-order valence-corrected chi connectivity index (χ2v) is 9.29. The number of fused-ring (bicyclic) bond motifs is 5. The van der Waals surface area contributed by atoms with Gasteiger partial charge in [-0.25, -0.2) is 0 Å². The summed E-state index contributed by atoms with van der Waals surface area (Å²) in [5, 5.41) is 4.17. The van der Waals surface area contributed by atoms with Gasteiger partial charge in [0.15, 0.2) is 0 Å². The summed E-state index contributed by atoms with van der Waals surface area (Å²) >= 11 is 0. The molecule has 21 heavy (non-hydrogen) atoms. The van der Waals surface area contributed by atoms with E-state index in [1.165, 1.54) is 44.9 Å². The predicted molar refractivity (Wildman–Crippen MR) is 89.2 cm³/mol. The number of hydrogen-bond acceptors (Lipinski definition) is 1. The van der Waals surface area contributed by atoms with E-state index in [0.29, 0.717) is 0 Å². The molecule has 4 saturated carbocycles. The Hall–Kier alpha value is -0.0400. The van der Waals surface area contributed by atoms with Gasteiger partial charge in [-0.05, 0) is 80.5 Å². The molecule has 1 nitrogen and oxygen atoms in total. The van der Waals surface area contributed by atoms with Crippen LogP contribution in [0.2, 0.25) is 0 Å². The van der Waals surface area contributed by atoms with E-state index in [4.69, 9.17) is 0 Å². The summed E-state index contributed by atoms with van der Waals surface area (Å²) < 4.78 is 0. The Morgan fingerprint density at radius 3 is 2.52 bits per heavy atom. The second-order valence-electron chi connectivity index (χ2n) is 9.29. The fourth-order valence-electron chi connectivity index (χ4n) is 6.89. The number of rotatable bonds is 4. The Balaban J connectivity index is 1.32. The van der Waals surface area contributed by atoms with Crippen LogP contribution in [0.4, 0.5) is 0 Å². The van der Waals surface area contributed by atoms with Gasteiger partial charge in [0.1, 0.15) is 0 Å². The van der Waals surface area contributed by atoms with Gasteiger partial charge in [-0.1, -0.05) is 33.1 Å². The SMILES string of the molecule is CC(C)CC1CCCC(NC2CC3CC2C2CCCC32)C1. The molecule has 7 atom stereocenters. The third kappa shape index (κ3) is 2.80. The zero-order valence-electron chi connectivity index (χ0n) is 14.2. The van der Waals surface area contributed by atoms with Crippen molar-refractivity contribution in [2.24, 2.45) is 35.5 Å². The van der Waals surface area contributed by atoms with Crippen molar-refractivity contribution >= 4 is 0 Å². The Morgan fingerprint density at radius 2 is 1.67 bits per heavy atom. The molecule has 0 radical (unpaired) electrons. The van der Waals surface area contributed by atoms with Crippen molar-refractivity contribution in [3.8, 4) is 0 Å². The lowest BCUT2D eigenvalue weighted by Crippen LogP contribution is -2.46. The largest absolute Gasteiger partial charge is 0.311 e. The summed E-state index contributed by atoms with van der Waals surface area (Å²) in [5.41, 5.74) is 0. The molecule has 0 heterocycles. The summed E-state index contributed by atoms with van der Waals surface area (Å²) in [4.78, 5) is 0. The monoisotopic (exact) mass is 289 g/mol. The number of hydrogen-bond donors (Lipinski definition) is 1. The van der Waals surface area contributed by atoms with E-state index >= 15 is 0 Å². The third-order valence-corrected chi connectivity index (χ3v) is 7.47. The molecular formula is C20H35N. The molecule has 4 rings (SSSR count). The molecule has 0 aliphatic heterocycles. The van der Waals surface area contributed by atoms with Gasteiger partial charge in [-0.15, -0.1) is 0 Å². The molecule has 7 unspecified atom stereocenters. The molecule has 0 aromatic carbocycles. The Bertz CT molecular complexity index is 363. The lowest BCUT2D eigenvalue weighted by Gasteiger charge is -2.38. The highest BCUT2D eigenvalue weighted by Crippen LogP contribution is 2.58. The molecule has 0 aromatic rings. The Kier molecular flexibility index (Phi) is 4.07. The highest BCUT2D eigenvalue weighted by molar-refractivity contribution is 5.06. The molecule has 4 fully saturated rings. The third-order valence-electron chi connectivity index (χ3n) is 7.47. The van der Waals surface area contributed by atoms with Crippen molar-refractivity contribution in [2.75, 3.05) is 0 Å². The molecule has 0 spiro atoms. The Labute approximate surface area is 131 Å². The maximum atomic E-state index is 4.17. The minimum Gasteiger partial charge on any atom is -0.311 e. The normalized spacial score (nSPS) is 49.0. The quantitative estimate of drug-likeness (QED) is 0.767. The van der Waals surface area contributed by atoms with E-state index in [1.807, 2.05) is 0 Å². The summed E-state index contributed by atoms with van der Waals surface area (Å²) in [6.45, 7) is 4.79. The lowest BCUT2D eigenvalue weighted by atomic mass is 9.77. The maximum Gasteiger partial charge on any atom is 0.0103 e. The van der Waals surface area contributed by atoms with Gasteiger partial charge >= 0.3 is 0 Å². The van der Waals surface area contributed by atoms with Crippen LogP contribution in [0.25, 0.3) is 0 Å². The smallest absolute Gasteiger partial charge is 0.0103 e. The molecule has 2 bridgehead atoms. The molecule has 0 saturated heterocycles. The molecule has 0 amide bonds. The van der Waals surface area contributed by atoms with E-state index in [1.54, 1.807) is 19.3 Å². The first kappa shape index (κ1) is 14.5. The minimum atomic E-state index is 0.853. The zero-order valence-corrected chi connectivity index (χ0v) is 14.2.